The number of fused-ring (bicyclic) bond motifs is 1. The van der Waals surface area contributed by atoms with Gasteiger partial charge >= 0.3 is 18.0 Å². The molecule has 2 heterocycles. The lowest BCUT2D eigenvalue weighted by molar-refractivity contribution is -0.384. The smallest absolute Gasteiger partial charge is 0.412 e. The second-order valence-corrected chi connectivity index (χ2v) is 8.39. The molecule has 1 amide bonds. The van der Waals surface area contributed by atoms with Crippen LogP contribution >= 0.6 is 0 Å². The number of hydrogen-bond acceptors (Lipinski definition) is 12. The lowest BCUT2D eigenvalue weighted by Crippen LogP contribution is -2.14. The fourth-order valence-corrected chi connectivity index (χ4v) is 3.75. The molecule has 0 spiro atoms. The zero-order chi connectivity index (χ0) is 30.2. The number of aromatic nitrogens is 4. The van der Waals surface area contributed by atoms with Crippen molar-refractivity contribution in [3.63, 3.8) is 0 Å². The van der Waals surface area contributed by atoms with Gasteiger partial charge in [-0.05, 0) is 51.1 Å². The van der Waals surface area contributed by atoms with Gasteiger partial charge in [-0.3, -0.25) is 20.0 Å². The number of rotatable bonds is 11. The van der Waals surface area contributed by atoms with Crippen LogP contribution in [0.5, 0.6) is 5.88 Å². The summed E-state index contributed by atoms with van der Waals surface area (Å²) in [5, 5.41) is 14.4. The van der Waals surface area contributed by atoms with Gasteiger partial charge in [0.15, 0.2) is 0 Å². The van der Waals surface area contributed by atoms with E-state index in [4.69, 9.17) is 18.9 Å². The predicted molar refractivity (Wildman–Crippen MR) is 147 cm³/mol. The molecule has 0 atom stereocenters. The highest BCUT2D eigenvalue weighted by molar-refractivity contribution is 5.93. The molecule has 0 bridgehead atoms. The van der Waals surface area contributed by atoms with Crippen LogP contribution in [0.4, 0.5) is 16.2 Å². The van der Waals surface area contributed by atoms with E-state index in [2.05, 4.69) is 20.3 Å². The van der Waals surface area contributed by atoms with Gasteiger partial charge in [-0.15, -0.1) is 0 Å². The van der Waals surface area contributed by atoms with Crippen molar-refractivity contribution in [2.45, 2.75) is 27.4 Å². The summed E-state index contributed by atoms with van der Waals surface area (Å²) >= 11 is 0. The molecule has 4 aromatic rings. The number of benzene rings is 2. The Morgan fingerprint density at radius 2 is 1.62 bits per heavy atom. The van der Waals surface area contributed by atoms with Crippen molar-refractivity contribution in [2.75, 3.05) is 25.1 Å². The highest BCUT2D eigenvalue weighted by atomic mass is 16.6. The van der Waals surface area contributed by atoms with Crippen LogP contribution in [-0.2, 0) is 20.8 Å². The summed E-state index contributed by atoms with van der Waals surface area (Å²) in [6.45, 7) is 5.33. The van der Waals surface area contributed by atoms with E-state index in [9.17, 15) is 24.5 Å². The van der Waals surface area contributed by atoms with Crippen LogP contribution in [0.2, 0.25) is 0 Å². The van der Waals surface area contributed by atoms with Gasteiger partial charge in [0.1, 0.15) is 12.3 Å². The second kappa shape index (κ2) is 13.2. The number of hydrogen-bond donors (Lipinski definition) is 1. The van der Waals surface area contributed by atoms with Gasteiger partial charge in [0.05, 0.1) is 53.4 Å². The number of nitro groups is 1. The molecule has 15 nitrogen and oxygen atoms in total. The van der Waals surface area contributed by atoms with Crippen molar-refractivity contribution >= 4 is 40.4 Å². The lowest BCUT2D eigenvalue weighted by atomic mass is 10.2. The van der Waals surface area contributed by atoms with Crippen molar-refractivity contribution < 1.29 is 38.3 Å². The molecule has 0 aliphatic heterocycles. The number of anilines is 1. The highest BCUT2D eigenvalue weighted by Gasteiger charge is 2.24. The van der Waals surface area contributed by atoms with Crippen molar-refractivity contribution in [3.8, 4) is 11.6 Å². The molecular formula is C27H26N6O9. The zero-order valence-electron chi connectivity index (χ0n) is 22.9. The van der Waals surface area contributed by atoms with Crippen LogP contribution in [0, 0.1) is 10.1 Å². The third kappa shape index (κ3) is 6.75. The summed E-state index contributed by atoms with van der Waals surface area (Å²) in [5.41, 5.74) is 0.958. The van der Waals surface area contributed by atoms with Crippen LogP contribution in [-0.4, -0.2) is 62.3 Å². The molecule has 0 saturated carbocycles. The molecule has 4 rings (SSSR count). The fraction of sp³-hybridized carbons (Fsp3) is 0.259. The van der Waals surface area contributed by atoms with E-state index in [1.807, 2.05) is 0 Å². The standard InChI is InChI=1S/C27H26N6O9/c1-4-39-24-23(26(35)41-6-3)30-19-11-21(22(33(37)38)12-20(19)31-24)32-13-18(28-15-32)14-42-27(36)29-17-9-7-16(8-10-17)25(34)40-5-2/h7-13,15H,4-6,14H2,1-3H3,(H,29,36). The summed E-state index contributed by atoms with van der Waals surface area (Å²) in [5.74, 6) is -1.32. The SMILES string of the molecule is CCOC(=O)c1ccc(NC(=O)OCc2cn(-c3cc4nc(C(=O)OCC)c(OCC)nc4cc3[N+](=O)[O-])cn2)cc1. The Balaban J connectivity index is 1.52. The maximum Gasteiger partial charge on any atom is 0.412 e. The van der Waals surface area contributed by atoms with Crippen molar-refractivity contribution in [2.24, 2.45) is 0 Å². The third-order valence-electron chi connectivity index (χ3n) is 5.58. The van der Waals surface area contributed by atoms with Gasteiger partial charge in [0, 0.05) is 18.0 Å². The number of esters is 2. The van der Waals surface area contributed by atoms with Gasteiger partial charge in [-0.1, -0.05) is 0 Å². The largest absolute Gasteiger partial charge is 0.476 e. The van der Waals surface area contributed by atoms with Gasteiger partial charge < -0.3 is 18.9 Å². The van der Waals surface area contributed by atoms with Gasteiger partial charge in [0.2, 0.25) is 11.6 Å². The first-order valence-corrected chi connectivity index (χ1v) is 12.8. The van der Waals surface area contributed by atoms with Crippen LogP contribution in [0.15, 0.2) is 48.9 Å². The van der Waals surface area contributed by atoms with Crippen molar-refractivity contribution in [1.29, 1.82) is 0 Å². The average Bonchev–Trinajstić information content (AvgIpc) is 3.45. The Kier molecular flexibility index (Phi) is 9.21. The van der Waals surface area contributed by atoms with E-state index in [0.29, 0.717) is 16.9 Å². The number of carbonyl (C=O) groups is 3. The second-order valence-electron chi connectivity index (χ2n) is 8.39. The molecule has 0 aliphatic rings. The summed E-state index contributed by atoms with van der Waals surface area (Å²) in [4.78, 5) is 60.5. The van der Waals surface area contributed by atoms with E-state index in [0.717, 1.165) is 0 Å². The first kappa shape index (κ1) is 29.4. The minimum Gasteiger partial charge on any atom is -0.476 e. The number of amides is 1. The van der Waals surface area contributed by atoms with Crippen LogP contribution in [0.1, 0.15) is 47.3 Å². The number of carbonyl (C=O) groups excluding carboxylic acids is 3. The Bertz CT molecular complexity index is 1640. The van der Waals surface area contributed by atoms with E-state index in [1.165, 1.54) is 53.5 Å². The molecule has 1 N–H and O–H groups in total. The average molecular weight is 579 g/mol. The number of ether oxygens (including phenoxy) is 4. The predicted octanol–water partition coefficient (Wildman–Crippen LogP) is 4.22. The maximum absolute atomic E-state index is 12.4. The van der Waals surface area contributed by atoms with Crippen molar-refractivity contribution in [3.05, 3.63) is 76.0 Å². The van der Waals surface area contributed by atoms with E-state index in [-0.39, 0.29) is 60.4 Å². The number of imidazole rings is 1. The molecule has 0 unspecified atom stereocenters. The van der Waals surface area contributed by atoms with Gasteiger partial charge in [-0.25, -0.2) is 29.3 Å². The molecule has 218 valence electrons. The molecule has 0 aliphatic carbocycles. The minimum atomic E-state index is -0.781. The summed E-state index contributed by atoms with van der Waals surface area (Å²) in [6, 6.07) is 8.65. The minimum absolute atomic E-state index is 0.0886. The lowest BCUT2D eigenvalue weighted by Gasteiger charge is -2.10. The first-order chi connectivity index (χ1) is 20.2. The molecule has 0 radical (unpaired) electrons. The number of nitro benzene ring substituents is 1. The van der Waals surface area contributed by atoms with Crippen molar-refractivity contribution in [1.82, 2.24) is 19.5 Å². The fourth-order valence-electron chi connectivity index (χ4n) is 3.75. The molecule has 2 aromatic heterocycles. The summed E-state index contributed by atoms with van der Waals surface area (Å²) in [7, 11) is 0. The summed E-state index contributed by atoms with van der Waals surface area (Å²) in [6.07, 6.45) is 1.98. The monoisotopic (exact) mass is 578 g/mol. The Morgan fingerprint density at radius 1 is 0.929 bits per heavy atom. The van der Waals surface area contributed by atoms with E-state index >= 15 is 0 Å². The normalized spacial score (nSPS) is 10.6. The van der Waals surface area contributed by atoms with Crippen LogP contribution in [0.3, 0.4) is 0 Å². The topological polar surface area (TPSA) is 187 Å². The molecule has 42 heavy (non-hydrogen) atoms. The Morgan fingerprint density at radius 3 is 2.29 bits per heavy atom. The Hall–Kier alpha value is -5.60. The zero-order valence-corrected chi connectivity index (χ0v) is 22.9. The van der Waals surface area contributed by atoms with Gasteiger partial charge in [0.25, 0.3) is 5.69 Å². The highest BCUT2D eigenvalue weighted by Crippen LogP contribution is 2.30. The van der Waals surface area contributed by atoms with Crippen LogP contribution in [0.25, 0.3) is 16.7 Å². The third-order valence-corrected chi connectivity index (χ3v) is 5.58. The molecule has 15 heteroatoms. The Labute approximate surface area is 238 Å². The molecule has 0 fully saturated rings. The first-order valence-electron chi connectivity index (χ1n) is 12.8. The number of nitrogens with one attached hydrogen (secondary N) is 1. The maximum atomic E-state index is 12.4. The quantitative estimate of drug-likeness (QED) is 0.116. The molecular weight excluding hydrogens is 552 g/mol. The van der Waals surface area contributed by atoms with E-state index in [1.54, 1.807) is 20.8 Å². The molecule has 2 aromatic carbocycles. The molecule has 0 saturated heterocycles. The summed E-state index contributed by atoms with van der Waals surface area (Å²) < 4.78 is 21.9. The van der Waals surface area contributed by atoms with Gasteiger partial charge in [-0.2, -0.15) is 0 Å². The number of nitrogens with zero attached hydrogens (tertiary/aromatic N) is 5. The van der Waals surface area contributed by atoms with Crippen LogP contribution < -0.4 is 10.1 Å². The van der Waals surface area contributed by atoms with E-state index < -0.39 is 23.0 Å².